The van der Waals surface area contributed by atoms with Gasteiger partial charge in [0.1, 0.15) is 0 Å². The van der Waals surface area contributed by atoms with Crippen molar-refractivity contribution >= 4 is 11.8 Å². The van der Waals surface area contributed by atoms with Crippen molar-refractivity contribution in [3.8, 4) is 0 Å². The fraction of sp³-hybridized carbons (Fsp3) is 0.100. The van der Waals surface area contributed by atoms with E-state index in [4.69, 9.17) is 0 Å². The molecule has 1 unspecified atom stereocenters. The van der Waals surface area contributed by atoms with E-state index in [2.05, 4.69) is 66.5 Å². The van der Waals surface area contributed by atoms with Gasteiger partial charge in [-0.3, -0.25) is 0 Å². The van der Waals surface area contributed by atoms with Gasteiger partial charge in [-0.15, -0.1) is 0 Å². The summed E-state index contributed by atoms with van der Waals surface area (Å²) >= 11 is 0. The molecule has 2 rings (SSSR count). The van der Waals surface area contributed by atoms with Gasteiger partial charge in [0.15, 0.2) is 0 Å². The minimum atomic E-state index is 0.254. The van der Waals surface area contributed by atoms with Gasteiger partial charge in [0, 0.05) is 11.7 Å². The van der Waals surface area contributed by atoms with Crippen molar-refractivity contribution < 1.29 is 0 Å². The third kappa shape index (κ3) is 5.53. The molecule has 0 saturated heterocycles. The van der Waals surface area contributed by atoms with Gasteiger partial charge >= 0.3 is 0 Å². The Labute approximate surface area is 127 Å². The van der Waals surface area contributed by atoms with Gasteiger partial charge in [-0.25, -0.2) is 0 Å². The summed E-state index contributed by atoms with van der Waals surface area (Å²) in [5, 5.41) is 3.54. The second-order valence-electron chi connectivity index (χ2n) is 4.79. The lowest BCUT2D eigenvalue weighted by molar-refractivity contribution is 0.897. The first-order valence-electron chi connectivity index (χ1n) is 7.21. The molecule has 0 aliphatic heterocycles. The topological polar surface area (TPSA) is 12.0 Å². The third-order valence-corrected chi connectivity index (χ3v) is 3.11. The van der Waals surface area contributed by atoms with Gasteiger partial charge in [0.25, 0.3) is 0 Å². The molecular weight excluding hydrogens is 254 g/mol. The summed E-state index contributed by atoms with van der Waals surface area (Å²) < 4.78 is 0. The Morgan fingerprint density at radius 3 is 2.29 bits per heavy atom. The van der Waals surface area contributed by atoms with Crippen molar-refractivity contribution in [2.24, 2.45) is 0 Å². The number of para-hydroxylation sites is 1. The molecule has 0 fully saturated rings. The summed E-state index contributed by atoms with van der Waals surface area (Å²) in [6, 6.07) is 20.9. The summed E-state index contributed by atoms with van der Waals surface area (Å²) in [5.74, 6) is 0. The fourth-order valence-electron chi connectivity index (χ4n) is 2.05. The van der Waals surface area contributed by atoms with Crippen molar-refractivity contribution in [2.45, 2.75) is 12.5 Å². The Morgan fingerprint density at radius 2 is 1.62 bits per heavy atom. The fourth-order valence-corrected chi connectivity index (χ4v) is 2.05. The van der Waals surface area contributed by atoms with Crippen LogP contribution in [0.15, 0.2) is 91.5 Å². The average molecular weight is 275 g/mol. The molecule has 0 spiro atoms. The Bertz CT molecular complexity index is 582. The van der Waals surface area contributed by atoms with E-state index >= 15 is 0 Å². The van der Waals surface area contributed by atoms with Crippen LogP contribution in [0, 0.1) is 0 Å². The summed E-state index contributed by atoms with van der Waals surface area (Å²) in [4.78, 5) is 0. The minimum absolute atomic E-state index is 0.254. The second kappa shape index (κ2) is 8.60. The molecule has 1 N–H and O–H groups in total. The third-order valence-electron chi connectivity index (χ3n) is 3.11. The van der Waals surface area contributed by atoms with Gasteiger partial charge in [0.2, 0.25) is 0 Å². The summed E-state index contributed by atoms with van der Waals surface area (Å²) in [7, 11) is 0. The van der Waals surface area contributed by atoms with Crippen LogP contribution in [0.3, 0.4) is 0 Å². The molecule has 21 heavy (non-hydrogen) atoms. The lowest BCUT2D eigenvalue weighted by atomic mass is 10.1. The molecule has 1 nitrogen and oxygen atoms in total. The Morgan fingerprint density at radius 1 is 0.952 bits per heavy atom. The van der Waals surface area contributed by atoms with Crippen LogP contribution < -0.4 is 5.32 Å². The van der Waals surface area contributed by atoms with Crippen molar-refractivity contribution in [3.05, 3.63) is 97.1 Å². The lowest BCUT2D eigenvalue weighted by Gasteiger charge is -2.14. The number of hydrogen-bond acceptors (Lipinski definition) is 1. The summed E-state index contributed by atoms with van der Waals surface area (Å²) in [6.07, 6.45) is 11.2. The largest absolute Gasteiger partial charge is 0.379 e. The van der Waals surface area contributed by atoms with Crippen LogP contribution in [0.25, 0.3) is 6.08 Å². The first-order chi connectivity index (χ1) is 10.4. The zero-order chi connectivity index (χ0) is 14.8. The molecule has 0 amide bonds. The standard InChI is InChI=1S/C20H21N/c1-2-3-6-13-20(21-19-14-9-5-10-15-19)17-16-18-11-7-4-8-12-18/h2-12,14-17,20-21H,1,13H2/b6-3+,17-16+. The lowest BCUT2D eigenvalue weighted by Crippen LogP contribution is -2.15. The molecule has 2 aromatic carbocycles. The highest BCUT2D eigenvalue weighted by molar-refractivity contribution is 5.52. The molecule has 0 heterocycles. The first kappa shape index (κ1) is 14.9. The van der Waals surface area contributed by atoms with Gasteiger partial charge in [-0.2, -0.15) is 0 Å². The zero-order valence-electron chi connectivity index (χ0n) is 12.2. The number of nitrogens with one attached hydrogen (secondary N) is 1. The Kier molecular flexibility index (Phi) is 6.08. The van der Waals surface area contributed by atoms with E-state index in [1.54, 1.807) is 6.08 Å². The number of rotatable bonds is 7. The second-order valence-corrected chi connectivity index (χ2v) is 4.79. The maximum Gasteiger partial charge on any atom is 0.0482 e. The maximum absolute atomic E-state index is 3.71. The normalized spacial score (nSPS) is 12.6. The van der Waals surface area contributed by atoms with Crippen molar-refractivity contribution in [1.29, 1.82) is 0 Å². The SMILES string of the molecule is C=C/C=C/CC(/C=C/c1ccccc1)Nc1ccccc1. The number of anilines is 1. The summed E-state index contributed by atoms with van der Waals surface area (Å²) in [6.45, 7) is 3.71. The molecule has 2 aromatic rings. The zero-order valence-corrected chi connectivity index (χ0v) is 12.2. The monoisotopic (exact) mass is 275 g/mol. The molecular formula is C20H21N. The smallest absolute Gasteiger partial charge is 0.0482 e. The predicted molar refractivity (Wildman–Crippen MR) is 93.3 cm³/mol. The van der Waals surface area contributed by atoms with Crippen LogP contribution in [0.4, 0.5) is 5.69 Å². The van der Waals surface area contributed by atoms with Crippen molar-refractivity contribution in [1.82, 2.24) is 0 Å². The van der Waals surface area contributed by atoms with E-state index in [0.717, 1.165) is 12.1 Å². The van der Waals surface area contributed by atoms with Gasteiger partial charge < -0.3 is 5.32 Å². The van der Waals surface area contributed by atoms with Crippen molar-refractivity contribution in [3.63, 3.8) is 0 Å². The number of benzene rings is 2. The van der Waals surface area contributed by atoms with Crippen LogP contribution in [-0.4, -0.2) is 6.04 Å². The van der Waals surface area contributed by atoms with E-state index in [1.807, 2.05) is 30.3 Å². The van der Waals surface area contributed by atoms with Crippen LogP contribution >= 0.6 is 0 Å². The number of allylic oxidation sites excluding steroid dienone is 2. The quantitative estimate of drug-likeness (QED) is 0.675. The molecule has 0 radical (unpaired) electrons. The average Bonchev–Trinajstić information content (AvgIpc) is 2.54. The predicted octanol–water partition coefficient (Wildman–Crippen LogP) is 5.31. The van der Waals surface area contributed by atoms with Crippen LogP contribution in [0.5, 0.6) is 0 Å². The highest BCUT2D eigenvalue weighted by Crippen LogP contribution is 2.12. The minimum Gasteiger partial charge on any atom is -0.379 e. The van der Waals surface area contributed by atoms with Crippen molar-refractivity contribution in [2.75, 3.05) is 5.32 Å². The maximum atomic E-state index is 3.71. The van der Waals surface area contributed by atoms with Crippen LogP contribution in [-0.2, 0) is 0 Å². The molecule has 1 atom stereocenters. The van der Waals surface area contributed by atoms with Gasteiger partial charge in [0.05, 0.1) is 0 Å². The molecule has 0 saturated carbocycles. The first-order valence-corrected chi connectivity index (χ1v) is 7.21. The Balaban J connectivity index is 2.06. The van der Waals surface area contributed by atoms with Crippen LogP contribution in [0.2, 0.25) is 0 Å². The Hall–Kier alpha value is -2.54. The number of hydrogen-bond donors (Lipinski definition) is 1. The molecule has 1 heteroatoms. The molecule has 0 aromatic heterocycles. The molecule has 0 aliphatic carbocycles. The molecule has 0 bridgehead atoms. The summed E-state index contributed by atoms with van der Waals surface area (Å²) in [5.41, 5.74) is 2.34. The molecule has 106 valence electrons. The van der Waals surface area contributed by atoms with E-state index < -0.39 is 0 Å². The van der Waals surface area contributed by atoms with E-state index in [1.165, 1.54) is 5.56 Å². The van der Waals surface area contributed by atoms with Gasteiger partial charge in [-0.05, 0) is 24.1 Å². The highest BCUT2D eigenvalue weighted by Gasteiger charge is 2.02. The van der Waals surface area contributed by atoms with Gasteiger partial charge in [-0.1, -0.05) is 85.5 Å². The highest BCUT2D eigenvalue weighted by atomic mass is 14.9. The van der Waals surface area contributed by atoms with E-state index in [-0.39, 0.29) is 6.04 Å². The van der Waals surface area contributed by atoms with E-state index in [0.29, 0.717) is 0 Å². The van der Waals surface area contributed by atoms with E-state index in [9.17, 15) is 0 Å². The molecule has 0 aliphatic rings. The van der Waals surface area contributed by atoms with Crippen LogP contribution in [0.1, 0.15) is 12.0 Å².